The second-order valence-electron chi connectivity index (χ2n) is 16.4. The standard InChI is InChI=1S/C24H21Br2F3N6O3.C18H17BrF4N4O.C5H2BrFN2O2/c1-4-33-22(26)14(11-31-33)7-17-10-21(24(3,28)29)32-34(17)19-6-5-16(27)9-18(19)13(2)38-20-8-15(25)12-30-23(20)35(36)37;1-3-26-17(19)11(9-24-26)6-13-8-16(18(21,22)23)25-27(13)15-5-4-12(20)7-14(15)10(2)28;6-3-1-4(7)5(8-2-3)9(10)11/h5-6,8-13H,4,7H2,1-3H3;4-5,7-10,28H,3,6H2,1-2H3;1-2H. The number of hydrogen-bond donors (Lipinski definition) is 1. The highest BCUT2D eigenvalue weighted by Gasteiger charge is 2.36. The molecular formula is C47H40Br4F8N12O6. The summed E-state index contributed by atoms with van der Waals surface area (Å²) in [5.41, 5.74) is 1.34. The SMILES string of the molecule is CCn1ncc(Cc2cc(C(C)(F)F)nn2-c2ccc(F)cc2C(C)Oc2cc(Br)cnc2[N+](=O)[O-])c1Br.CCn1ncc(Cc2cc(C(F)(F)F)nn2-c2ccc(F)cc2C(C)O)c1Br.O=[N+]([O-])c1ncc(Br)cc1F. The number of halogens is 12. The van der Waals surface area contributed by atoms with Gasteiger partial charge in [-0.2, -0.15) is 46.7 Å². The number of aromatic nitrogens is 10. The van der Waals surface area contributed by atoms with Crippen molar-refractivity contribution in [3.63, 3.8) is 0 Å². The van der Waals surface area contributed by atoms with Crippen LogP contribution in [0.2, 0.25) is 0 Å². The monoisotopic (exact) mass is 1340 g/mol. The molecule has 0 saturated carbocycles. The summed E-state index contributed by atoms with van der Waals surface area (Å²) in [7, 11) is 0. The molecule has 0 aliphatic carbocycles. The molecule has 0 spiro atoms. The lowest BCUT2D eigenvalue weighted by molar-refractivity contribution is -0.392. The zero-order chi connectivity index (χ0) is 56.8. The van der Waals surface area contributed by atoms with E-state index in [-0.39, 0.29) is 46.8 Å². The van der Waals surface area contributed by atoms with Crippen LogP contribution in [0.4, 0.5) is 46.8 Å². The summed E-state index contributed by atoms with van der Waals surface area (Å²) in [6, 6.07) is 11.9. The van der Waals surface area contributed by atoms with Crippen LogP contribution in [0.3, 0.4) is 0 Å². The molecule has 1 N–H and O–H groups in total. The van der Waals surface area contributed by atoms with Gasteiger partial charge in [-0.3, -0.25) is 9.36 Å². The van der Waals surface area contributed by atoms with E-state index < -0.39 is 74.6 Å². The van der Waals surface area contributed by atoms with Crippen LogP contribution in [-0.2, 0) is 38.0 Å². The average Bonchev–Trinajstić information content (AvgIpc) is 4.15. The van der Waals surface area contributed by atoms with Crippen LogP contribution in [0, 0.1) is 37.7 Å². The predicted octanol–water partition coefficient (Wildman–Crippen LogP) is 13.4. The molecule has 408 valence electrons. The van der Waals surface area contributed by atoms with Crippen molar-refractivity contribution in [3.8, 4) is 17.1 Å². The summed E-state index contributed by atoms with van der Waals surface area (Å²) < 4.78 is 123. The largest absolute Gasteiger partial charge is 0.478 e. The van der Waals surface area contributed by atoms with Crippen molar-refractivity contribution < 1.29 is 54.8 Å². The van der Waals surface area contributed by atoms with Gasteiger partial charge in [0.1, 0.15) is 32.6 Å². The molecule has 0 bridgehead atoms. The zero-order valence-electron chi connectivity index (χ0n) is 40.5. The van der Waals surface area contributed by atoms with E-state index in [9.17, 15) is 60.5 Å². The molecule has 8 aromatic rings. The normalized spacial score (nSPS) is 12.3. The smallest absolute Gasteiger partial charge is 0.435 e. The maximum absolute atomic E-state index is 14.4. The highest BCUT2D eigenvalue weighted by Crippen LogP contribution is 2.37. The van der Waals surface area contributed by atoms with Crippen molar-refractivity contribution in [2.75, 3.05) is 0 Å². The van der Waals surface area contributed by atoms with Gasteiger partial charge in [0.25, 0.3) is 5.92 Å². The first-order chi connectivity index (χ1) is 36.1. The molecule has 2 unspecified atom stereocenters. The summed E-state index contributed by atoms with van der Waals surface area (Å²) >= 11 is 13.0. The summed E-state index contributed by atoms with van der Waals surface area (Å²) in [6.07, 6.45) is -0.762. The number of aliphatic hydroxyl groups excluding tert-OH is 1. The highest BCUT2D eigenvalue weighted by molar-refractivity contribution is 9.11. The second-order valence-corrected chi connectivity index (χ2v) is 19.8. The number of pyridine rings is 2. The van der Waals surface area contributed by atoms with E-state index in [4.69, 9.17) is 4.74 Å². The van der Waals surface area contributed by atoms with Crippen molar-refractivity contribution in [3.05, 3.63) is 186 Å². The van der Waals surface area contributed by atoms with Gasteiger partial charge >= 0.3 is 17.8 Å². The van der Waals surface area contributed by atoms with Gasteiger partial charge in [0, 0.05) is 78.6 Å². The van der Waals surface area contributed by atoms with Gasteiger partial charge in [0.15, 0.2) is 18.1 Å². The Balaban J connectivity index is 0.000000214. The molecule has 0 aliphatic rings. The molecule has 0 aliphatic heterocycles. The number of benzene rings is 2. The van der Waals surface area contributed by atoms with Gasteiger partial charge in [-0.25, -0.2) is 18.1 Å². The summed E-state index contributed by atoms with van der Waals surface area (Å²) in [6.45, 7) is 8.71. The molecular weight excluding hydrogens is 1300 g/mol. The van der Waals surface area contributed by atoms with E-state index in [1.54, 1.807) is 28.7 Å². The minimum Gasteiger partial charge on any atom is -0.478 e. The fraction of sp³-hybridized carbons (Fsp3) is 0.277. The number of aryl methyl sites for hydroxylation is 2. The van der Waals surface area contributed by atoms with Gasteiger partial charge in [0.2, 0.25) is 11.6 Å². The molecule has 6 heterocycles. The van der Waals surface area contributed by atoms with Crippen molar-refractivity contribution >= 4 is 75.4 Å². The van der Waals surface area contributed by atoms with E-state index in [1.807, 2.05) is 13.8 Å². The quantitative estimate of drug-likeness (QED) is 0.0577. The number of aliphatic hydroxyl groups is 1. The Kier molecular flexibility index (Phi) is 19.3. The predicted molar refractivity (Wildman–Crippen MR) is 275 cm³/mol. The number of hydrogen-bond acceptors (Lipinski definition) is 12. The third-order valence-corrected chi connectivity index (χ3v) is 13.6. The maximum Gasteiger partial charge on any atom is 0.435 e. The Labute approximate surface area is 464 Å². The molecule has 6 aromatic heterocycles. The first-order valence-electron chi connectivity index (χ1n) is 22.3. The summed E-state index contributed by atoms with van der Waals surface area (Å²) in [5.74, 6) is -6.82. The lowest BCUT2D eigenvalue weighted by atomic mass is 10.1. The van der Waals surface area contributed by atoms with Crippen molar-refractivity contribution in [1.29, 1.82) is 0 Å². The van der Waals surface area contributed by atoms with Gasteiger partial charge in [-0.1, -0.05) is 0 Å². The molecule has 18 nitrogen and oxygen atoms in total. The number of nitrogens with zero attached hydrogens (tertiary/aromatic N) is 12. The average molecular weight is 1340 g/mol. The Hall–Kier alpha value is -6.50. The van der Waals surface area contributed by atoms with Crippen LogP contribution < -0.4 is 4.74 Å². The first-order valence-corrected chi connectivity index (χ1v) is 25.5. The van der Waals surface area contributed by atoms with E-state index in [1.165, 1.54) is 60.4 Å². The van der Waals surface area contributed by atoms with E-state index >= 15 is 0 Å². The zero-order valence-corrected chi connectivity index (χ0v) is 46.8. The lowest BCUT2D eigenvalue weighted by Crippen LogP contribution is -2.14. The molecule has 2 aromatic carbocycles. The van der Waals surface area contributed by atoms with Crippen LogP contribution in [0.15, 0.2) is 104 Å². The highest BCUT2D eigenvalue weighted by atomic mass is 79.9. The van der Waals surface area contributed by atoms with E-state index in [0.717, 1.165) is 41.4 Å². The first kappa shape index (κ1) is 59.7. The third kappa shape index (κ3) is 14.6. The number of alkyl halides is 5. The topological polar surface area (TPSA) is 213 Å². The van der Waals surface area contributed by atoms with Crippen molar-refractivity contribution in [2.45, 2.75) is 84.9 Å². The Morgan fingerprint density at radius 1 is 0.662 bits per heavy atom. The van der Waals surface area contributed by atoms with Crippen molar-refractivity contribution in [2.24, 2.45) is 0 Å². The fourth-order valence-corrected chi connectivity index (χ4v) is 9.06. The molecule has 0 fully saturated rings. The van der Waals surface area contributed by atoms with E-state index in [2.05, 4.69) is 94.1 Å². The third-order valence-electron chi connectivity index (χ3n) is 10.9. The van der Waals surface area contributed by atoms with Crippen LogP contribution >= 0.6 is 63.7 Å². The van der Waals surface area contributed by atoms with Gasteiger partial charge in [0.05, 0.1) is 38.8 Å². The van der Waals surface area contributed by atoms with Crippen LogP contribution in [0.25, 0.3) is 11.4 Å². The summed E-state index contributed by atoms with van der Waals surface area (Å²) in [4.78, 5) is 26.9. The maximum atomic E-state index is 14.4. The van der Waals surface area contributed by atoms with Crippen molar-refractivity contribution in [1.82, 2.24) is 49.1 Å². The Bertz CT molecular complexity index is 3440. The van der Waals surface area contributed by atoms with Gasteiger partial charge in [-0.05, 0) is 160 Å². The Morgan fingerprint density at radius 2 is 1.12 bits per heavy atom. The molecule has 0 radical (unpaired) electrons. The number of nitro groups is 2. The summed E-state index contributed by atoms with van der Waals surface area (Å²) in [5, 5.41) is 47.7. The molecule has 77 heavy (non-hydrogen) atoms. The molecule has 30 heteroatoms. The van der Waals surface area contributed by atoms with Gasteiger partial charge < -0.3 is 30.1 Å². The molecule has 0 saturated heterocycles. The molecule has 2 atom stereocenters. The molecule has 0 amide bonds. The second kappa shape index (κ2) is 24.9. The van der Waals surface area contributed by atoms with E-state index in [0.29, 0.717) is 42.5 Å². The molecule has 8 rings (SSSR count). The minimum absolute atomic E-state index is 0.111. The minimum atomic E-state index is -4.64. The number of rotatable bonds is 15. The van der Waals surface area contributed by atoms with Crippen LogP contribution in [-0.4, -0.2) is 64.0 Å². The fourth-order valence-electron chi connectivity index (χ4n) is 7.28. The Morgan fingerprint density at radius 3 is 1.56 bits per heavy atom. The lowest BCUT2D eigenvalue weighted by Gasteiger charge is -2.19. The van der Waals surface area contributed by atoms with Gasteiger partial charge in [-0.15, -0.1) is 0 Å². The van der Waals surface area contributed by atoms with Crippen LogP contribution in [0.5, 0.6) is 5.75 Å². The van der Waals surface area contributed by atoms with Crippen LogP contribution in [0.1, 0.15) is 91.9 Å². The number of ether oxygens (including phenoxy) is 1.